The Bertz CT molecular complexity index is 1560. The maximum absolute atomic E-state index is 15.3. The minimum Gasteiger partial charge on any atom is -0.453 e. The summed E-state index contributed by atoms with van der Waals surface area (Å²) in [6, 6.07) is 15.1. The zero-order chi connectivity index (χ0) is 29.7. The van der Waals surface area contributed by atoms with E-state index in [9.17, 15) is 4.79 Å². The molecule has 41 heavy (non-hydrogen) atoms. The molecule has 1 amide bonds. The van der Waals surface area contributed by atoms with Crippen LogP contribution in [0.5, 0.6) is 11.5 Å². The summed E-state index contributed by atoms with van der Waals surface area (Å²) in [5.74, 6) is -2.93. The van der Waals surface area contributed by atoms with Gasteiger partial charge in [0.15, 0.2) is 23.3 Å². The molecule has 0 aliphatic carbocycles. The minimum atomic E-state index is -0.838. The van der Waals surface area contributed by atoms with Crippen LogP contribution in [0.15, 0.2) is 54.6 Å². The number of nitriles is 1. The fourth-order valence-electron chi connectivity index (χ4n) is 3.97. The normalized spacial score (nSPS) is 15.6. The van der Waals surface area contributed by atoms with Gasteiger partial charge in [-0.05, 0) is 56.3 Å². The number of carbonyl (C=O) groups excluding carboxylic acids is 1. The highest BCUT2D eigenvalue weighted by molar-refractivity contribution is 6.32. The fraction of sp³-hybridized carbons (Fsp3) is 0.241. The molecule has 0 spiro atoms. The van der Waals surface area contributed by atoms with Gasteiger partial charge in [-0.25, -0.2) is 4.39 Å². The largest absolute Gasteiger partial charge is 0.453 e. The number of carbonyl (C=O) groups is 1. The van der Waals surface area contributed by atoms with E-state index >= 15 is 4.39 Å². The van der Waals surface area contributed by atoms with Crippen LogP contribution in [0.1, 0.15) is 40.9 Å². The van der Waals surface area contributed by atoms with Crippen LogP contribution < -0.4 is 10.1 Å². The molecule has 0 aromatic heterocycles. The van der Waals surface area contributed by atoms with E-state index in [4.69, 9.17) is 58.2 Å². The summed E-state index contributed by atoms with van der Waals surface area (Å²) in [6.07, 6.45) is -0.597. The molecule has 3 N–H and O–H groups in total. The monoisotopic (exact) mass is 598 g/mol. The maximum atomic E-state index is 15.3. The second-order valence-corrected chi connectivity index (χ2v) is 10.4. The first-order chi connectivity index (χ1) is 19.4. The average Bonchev–Trinajstić information content (AvgIpc) is 3.29. The molecule has 12 heteroatoms. The number of halogens is 3. The van der Waals surface area contributed by atoms with Crippen molar-refractivity contribution < 1.29 is 28.1 Å². The number of amides is 1. The van der Waals surface area contributed by atoms with Gasteiger partial charge in [-0.15, -0.1) is 0 Å². The van der Waals surface area contributed by atoms with E-state index in [2.05, 4.69) is 5.32 Å². The zero-order valence-electron chi connectivity index (χ0n) is 22.0. The Morgan fingerprint density at radius 1 is 1.17 bits per heavy atom. The number of nitrogens with zero attached hydrogens (tertiary/aromatic N) is 1. The van der Waals surface area contributed by atoms with Gasteiger partial charge >= 0.3 is 0 Å². The summed E-state index contributed by atoms with van der Waals surface area (Å²) in [6.45, 7) is 4.20. The van der Waals surface area contributed by atoms with E-state index in [1.54, 1.807) is 32.0 Å². The van der Waals surface area contributed by atoms with Gasteiger partial charge in [-0.2, -0.15) is 5.26 Å². The Labute approximate surface area is 245 Å². The molecule has 4 rings (SSSR count). The van der Waals surface area contributed by atoms with Crippen LogP contribution in [0.4, 0.5) is 4.39 Å². The third-order valence-corrected chi connectivity index (χ3v) is 6.39. The lowest BCUT2D eigenvalue weighted by molar-refractivity contribution is -0.137. The highest BCUT2D eigenvalue weighted by atomic mass is 35.5. The molecular formula is C29H25Cl2FN4O5. The van der Waals surface area contributed by atoms with Crippen molar-refractivity contribution >= 4 is 40.9 Å². The van der Waals surface area contributed by atoms with Crippen molar-refractivity contribution in [3.05, 3.63) is 92.7 Å². The molecule has 1 heterocycles. The van der Waals surface area contributed by atoms with Crippen LogP contribution in [0, 0.1) is 28.0 Å². The first-order valence-corrected chi connectivity index (χ1v) is 13.1. The Balaban J connectivity index is 1.39. The summed E-state index contributed by atoms with van der Waals surface area (Å²) in [4.78, 5) is 12.6. The van der Waals surface area contributed by atoms with E-state index in [0.717, 1.165) is 0 Å². The maximum Gasteiger partial charge on any atom is 0.251 e. The molecule has 1 unspecified atom stereocenters. The van der Waals surface area contributed by atoms with E-state index in [-0.39, 0.29) is 68.8 Å². The highest BCUT2D eigenvalue weighted by Crippen LogP contribution is 2.35. The standard InChI is InChI=1S/C29H25Cl2FN4O5/c1-29(2)38-15-22(41-29)14-36-28(37)19-5-3-4-18(10-19)27(35)40-24(34)11-17-6-7-23(31)26(25(17)32)39-21-9-16(13-33)8-20(30)12-21/h3-10,12,22,34-35H,11,14-15H2,1-2H3,(H,36,37). The van der Waals surface area contributed by atoms with Gasteiger partial charge in [0.05, 0.1) is 29.7 Å². The predicted octanol–water partition coefficient (Wildman–Crippen LogP) is 6.24. The Kier molecular flexibility index (Phi) is 9.25. The number of hydrogen-bond donors (Lipinski definition) is 3. The van der Waals surface area contributed by atoms with E-state index in [0.29, 0.717) is 6.61 Å². The van der Waals surface area contributed by atoms with Crippen molar-refractivity contribution in [1.82, 2.24) is 5.32 Å². The third-order valence-electron chi connectivity index (χ3n) is 5.87. The van der Waals surface area contributed by atoms with Crippen molar-refractivity contribution in [2.45, 2.75) is 32.2 Å². The van der Waals surface area contributed by atoms with Crippen LogP contribution in [0.25, 0.3) is 0 Å². The molecule has 0 bridgehead atoms. The van der Waals surface area contributed by atoms with Gasteiger partial charge in [0.1, 0.15) is 11.9 Å². The topological polar surface area (TPSA) is 138 Å². The van der Waals surface area contributed by atoms with Crippen LogP contribution in [-0.2, 0) is 20.6 Å². The van der Waals surface area contributed by atoms with Gasteiger partial charge in [-0.3, -0.25) is 15.6 Å². The molecule has 1 aliphatic heterocycles. The second kappa shape index (κ2) is 12.7. The minimum absolute atomic E-state index is 0.0270. The molecule has 212 valence electrons. The Hall–Kier alpha value is -4.01. The smallest absolute Gasteiger partial charge is 0.251 e. The van der Waals surface area contributed by atoms with Crippen molar-refractivity contribution in [2.75, 3.05) is 13.2 Å². The molecule has 3 aromatic rings. The summed E-state index contributed by atoms with van der Waals surface area (Å²) in [5, 5.41) is 28.6. The molecule has 0 saturated carbocycles. The first-order valence-electron chi connectivity index (χ1n) is 12.3. The van der Waals surface area contributed by atoms with Gasteiger partial charge in [-0.1, -0.05) is 35.3 Å². The molecule has 1 aliphatic rings. The number of rotatable bonds is 8. The van der Waals surface area contributed by atoms with E-state index < -0.39 is 23.4 Å². The lowest BCUT2D eigenvalue weighted by Crippen LogP contribution is -2.34. The van der Waals surface area contributed by atoms with Crippen LogP contribution in [-0.4, -0.2) is 42.7 Å². The fourth-order valence-corrected chi connectivity index (χ4v) is 4.38. The summed E-state index contributed by atoms with van der Waals surface area (Å²) in [7, 11) is 0. The molecule has 1 saturated heterocycles. The molecule has 0 radical (unpaired) electrons. The molecule has 1 fully saturated rings. The number of ether oxygens (including phenoxy) is 4. The lowest BCUT2D eigenvalue weighted by Gasteiger charge is -2.17. The Morgan fingerprint density at radius 3 is 2.63 bits per heavy atom. The second-order valence-electron chi connectivity index (χ2n) is 9.51. The van der Waals surface area contributed by atoms with Gasteiger partial charge < -0.3 is 24.3 Å². The average molecular weight is 599 g/mol. The molecule has 9 nitrogen and oxygen atoms in total. The number of hydrogen-bond acceptors (Lipinski definition) is 8. The third kappa shape index (κ3) is 7.80. The summed E-state index contributed by atoms with van der Waals surface area (Å²) >= 11 is 12.1. The van der Waals surface area contributed by atoms with Crippen LogP contribution >= 0.6 is 23.2 Å². The van der Waals surface area contributed by atoms with Gasteiger partial charge in [0, 0.05) is 28.3 Å². The zero-order valence-corrected chi connectivity index (χ0v) is 23.5. The SMILES string of the molecule is CC1(C)OCC(CNC(=O)c2cccc(C(=N)OC(=N)Cc3ccc(Cl)c(Oc4cc(Cl)cc(C#N)c4)c3F)c2)O1. The molecular weight excluding hydrogens is 574 g/mol. The van der Waals surface area contributed by atoms with Gasteiger partial charge in [0.25, 0.3) is 5.91 Å². The highest BCUT2D eigenvalue weighted by Gasteiger charge is 2.32. The van der Waals surface area contributed by atoms with E-state index in [1.807, 2.05) is 6.07 Å². The number of benzene rings is 3. The molecule has 3 aromatic carbocycles. The first kappa shape index (κ1) is 30.0. The van der Waals surface area contributed by atoms with Crippen molar-refractivity contribution in [3.63, 3.8) is 0 Å². The Morgan fingerprint density at radius 2 is 1.93 bits per heavy atom. The van der Waals surface area contributed by atoms with E-state index in [1.165, 1.54) is 36.4 Å². The quantitative estimate of drug-likeness (QED) is 0.207. The van der Waals surface area contributed by atoms with Crippen molar-refractivity contribution in [2.24, 2.45) is 0 Å². The van der Waals surface area contributed by atoms with Gasteiger partial charge in [0.2, 0.25) is 5.90 Å². The molecule has 1 atom stereocenters. The summed E-state index contributed by atoms with van der Waals surface area (Å²) < 4.78 is 37.4. The van der Waals surface area contributed by atoms with Crippen molar-refractivity contribution in [1.29, 1.82) is 16.1 Å². The summed E-state index contributed by atoms with van der Waals surface area (Å²) in [5.41, 5.74) is 0.779. The van der Waals surface area contributed by atoms with Crippen molar-refractivity contribution in [3.8, 4) is 17.6 Å². The van der Waals surface area contributed by atoms with Crippen LogP contribution in [0.2, 0.25) is 10.0 Å². The lowest BCUT2D eigenvalue weighted by atomic mass is 10.1. The predicted molar refractivity (Wildman–Crippen MR) is 151 cm³/mol. The number of nitrogens with one attached hydrogen (secondary N) is 3. The van der Waals surface area contributed by atoms with Crippen LogP contribution in [0.3, 0.4) is 0 Å².